The Labute approximate surface area is 99.8 Å². The van der Waals surface area contributed by atoms with E-state index in [9.17, 15) is 0 Å². The molecule has 0 N–H and O–H groups in total. The van der Waals surface area contributed by atoms with Crippen LogP contribution in [0.5, 0.6) is 0 Å². The van der Waals surface area contributed by atoms with Crippen LogP contribution in [-0.2, 0) is 4.74 Å². The van der Waals surface area contributed by atoms with Crippen molar-refractivity contribution in [1.29, 1.82) is 0 Å². The predicted molar refractivity (Wildman–Crippen MR) is 70.0 cm³/mol. The molecule has 0 heterocycles. The third-order valence-electron chi connectivity index (χ3n) is 2.14. The minimum atomic E-state index is 0.747. The van der Waals surface area contributed by atoms with Crippen LogP contribution < -0.4 is 0 Å². The van der Waals surface area contributed by atoms with Crippen molar-refractivity contribution in [2.75, 3.05) is 0 Å². The van der Waals surface area contributed by atoms with Gasteiger partial charge in [-0.25, -0.2) is 0 Å². The molecular formula is C12H10OS2. The lowest BCUT2D eigenvalue weighted by atomic mass is 10.1. The van der Waals surface area contributed by atoms with Crippen LogP contribution in [0.3, 0.4) is 0 Å². The molecule has 0 bridgehead atoms. The standard InChI is InChI=1S/C12H10OS2/c14-11-7-3-1-5-9(11)13-10-6-2-4-8-12(10)15/h1-6H,7-8H2. The fourth-order valence-corrected chi connectivity index (χ4v) is 1.76. The van der Waals surface area contributed by atoms with Gasteiger partial charge in [0, 0.05) is 12.8 Å². The quantitative estimate of drug-likeness (QED) is 0.677. The van der Waals surface area contributed by atoms with E-state index in [4.69, 9.17) is 29.2 Å². The summed E-state index contributed by atoms with van der Waals surface area (Å²) in [5, 5.41) is 0. The van der Waals surface area contributed by atoms with Crippen molar-refractivity contribution in [3.05, 3.63) is 48.0 Å². The molecule has 76 valence electrons. The number of rotatable bonds is 2. The molecule has 0 amide bonds. The first-order valence-electron chi connectivity index (χ1n) is 4.75. The second-order valence-electron chi connectivity index (χ2n) is 3.27. The Morgan fingerprint density at radius 2 is 1.33 bits per heavy atom. The maximum absolute atomic E-state index is 5.69. The van der Waals surface area contributed by atoms with Gasteiger partial charge in [0.05, 0.1) is 9.73 Å². The van der Waals surface area contributed by atoms with Crippen LogP contribution in [0.25, 0.3) is 0 Å². The molecule has 0 unspecified atom stereocenters. The number of thiocarbonyl (C=S) groups is 2. The number of ether oxygens (including phenoxy) is 1. The van der Waals surface area contributed by atoms with E-state index >= 15 is 0 Å². The van der Waals surface area contributed by atoms with Crippen LogP contribution in [0, 0.1) is 0 Å². The van der Waals surface area contributed by atoms with Crippen molar-refractivity contribution in [1.82, 2.24) is 0 Å². The normalized spacial score (nSPS) is 20.0. The summed E-state index contributed by atoms with van der Waals surface area (Å²) >= 11 is 10.4. The van der Waals surface area contributed by atoms with Gasteiger partial charge < -0.3 is 4.74 Å². The van der Waals surface area contributed by atoms with Gasteiger partial charge in [-0.3, -0.25) is 0 Å². The summed E-state index contributed by atoms with van der Waals surface area (Å²) in [6.07, 6.45) is 13.3. The Kier molecular flexibility index (Phi) is 3.23. The van der Waals surface area contributed by atoms with E-state index in [1.807, 2.05) is 36.5 Å². The van der Waals surface area contributed by atoms with Gasteiger partial charge in [0.25, 0.3) is 0 Å². The van der Waals surface area contributed by atoms with Crippen molar-refractivity contribution >= 4 is 34.2 Å². The Morgan fingerprint density at radius 3 is 1.73 bits per heavy atom. The van der Waals surface area contributed by atoms with Crippen molar-refractivity contribution in [2.24, 2.45) is 0 Å². The molecule has 0 aromatic carbocycles. The minimum Gasteiger partial charge on any atom is -0.455 e. The van der Waals surface area contributed by atoms with Gasteiger partial charge in [-0.15, -0.1) is 0 Å². The molecule has 15 heavy (non-hydrogen) atoms. The maximum atomic E-state index is 5.69. The van der Waals surface area contributed by atoms with Gasteiger partial charge in [-0.05, 0) is 12.2 Å². The summed E-state index contributed by atoms with van der Waals surface area (Å²) in [6, 6.07) is 0. The molecule has 2 rings (SSSR count). The highest BCUT2D eigenvalue weighted by molar-refractivity contribution is 7.81. The zero-order valence-electron chi connectivity index (χ0n) is 8.10. The summed E-state index contributed by atoms with van der Waals surface area (Å²) in [4.78, 5) is 1.66. The van der Waals surface area contributed by atoms with Gasteiger partial charge in [0.15, 0.2) is 0 Å². The zero-order chi connectivity index (χ0) is 10.7. The third-order valence-corrected chi connectivity index (χ3v) is 2.88. The van der Waals surface area contributed by atoms with Crippen molar-refractivity contribution in [3.8, 4) is 0 Å². The summed E-state index contributed by atoms with van der Waals surface area (Å²) < 4.78 is 5.69. The molecule has 3 heteroatoms. The SMILES string of the molecule is S=C1CC=CC=C1OC1=CC=CCC1=S. The Morgan fingerprint density at radius 1 is 0.867 bits per heavy atom. The summed E-state index contributed by atoms with van der Waals surface area (Å²) in [5.74, 6) is 1.49. The van der Waals surface area contributed by atoms with Crippen LogP contribution in [0.4, 0.5) is 0 Å². The maximum Gasteiger partial charge on any atom is 0.141 e. The van der Waals surface area contributed by atoms with Crippen molar-refractivity contribution < 1.29 is 4.74 Å². The monoisotopic (exact) mass is 234 g/mol. The third kappa shape index (κ3) is 2.49. The average Bonchev–Trinajstić information content (AvgIpc) is 2.24. The van der Waals surface area contributed by atoms with Crippen LogP contribution in [0.1, 0.15) is 12.8 Å². The molecule has 1 nitrogen and oxygen atoms in total. The number of hydrogen-bond acceptors (Lipinski definition) is 3. The lowest BCUT2D eigenvalue weighted by Crippen LogP contribution is -2.11. The zero-order valence-corrected chi connectivity index (χ0v) is 9.74. The highest BCUT2D eigenvalue weighted by Crippen LogP contribution is 2.19. The van der Waals surface area contributed by atoms with Gasteiger partial charge in [0.2, 0.25) is 0 Å². The second kappa shape index (κ2) is 4.64. The Balaban J connectivity index is 2.14. The van der Waals surface area contributed by atoms with Crippen molar-refractivity contribution in [3.63, 3.8) is 0 Å². The molecule has 2 aliphatic carbocycles. The van der Waals surface area contributed by atoms with Crippen LogP contribution >= 0.6 is 24.4 Å². The molecule has 0 spiro atoms. The van der Waals surface area contributed by atoms with E-state index in [1.165, 1.54) is 0 Å². The lowest BCUT2D eigenvalue weighted by Gasteiger charge is -2.16. The average molecular weight is 234 g/mol. The molecule has 0 atom stereocenters. The Bertz CT molecular complexity index is 385. The van der Waals surface area contributed by atoms with Crippen molar-refractivity contribution in [2.45, 2.75) is 12.8 Å². The highest BCUT2D eigenvalue weighted by Gasteiger charge is 2.13. The topological polar surface area (TPSA) is 9.23 Å². The first kappa shape index (κ1) is 10.5. The van der Waals surface area contributed by atoms with E-state index in [0.29, 0.717) is 0 Å². The van der Waals surface area contributed by atoms with Gasteiger partial charge in [0.1, 0.15) is 11.5 Å². The van der Waals surface area contributed by atoms with Crippen LogP contribution in [0.15, 0.2) is 48.0 Å². The van der Waals surface area contributed by atoms with Crippen LogP contribution in [-0.4, -0.2) is 9.73 Å². The molecule has 0 radical (unpaired) electrons. The predicted octanol–water partition coefficient (Wildman–Crippen LogP) is 3.43. The summed E-state index contributed by atoms with van der Waals surface area (Å²) in [7, 11) is 0. The lowest BCUT2D eigenvalue weighted by molar-refractivity contribution is 0.353. The molecular weight excluding hydrogens is 224 g/mol. The number of hydrogen-bond donors (Lipinski definition) is 0. The molecule has 0 saturated heterocycles. The van der Waals surface area contributed by atoms with E-state index in [2.05, 4.69) is 0 Å². The molecule has 0 fully saturated rings. The Hall–Kier alpha value is -1.06. The molecule has 0 saturated carbocycles. The van der Waals surface area contributed by atoms with E-state index in [-0.39, 0.29) is 0 Å². The largest absolute Gasteiger partial charge is 0.455 e. The first-order chi connectivity index (χ1) is 7.27. The molecule has 0 aromatic heterocycles. The number of allylic oxidation sites excluding steroid dienone is 8. The van der Waals surface area contributed by atoms with Gasteiger partial charge >= 0.3 is 0 Å². The molecule has 0 aromatic rings. The molecule has 2 aliphatic rings. The van der Waals surface area contributed by atoms with Gasteiger partial charge in [-0.2, -0.15) is 0 Å². The smallest absolute Gasteiger partial charge is 0.141 e. The highest BCUT2D eigenvalue weighted by atomic mass is 32.1. The first-order valence-corrected chi connectivity index (χ1v) is 5.57. The fourth-order valence-electron chi connectivity index (χ4n) is 1.35. The fraction of sp³-hybridized carbons (Fsp3) is 0.167. The van der Waals surface area contributed by atoms with E-state index < -0.39 is 0 Å². The minimum absolute atomic E-state index is 0.747. The van der Waals surface area contributed by atoms with Crippen LogP contribution in [0.2, 0.25) is 0 Å². The second-order valence-corrected chi connectivity index (χ2v) is 4.26. The summed E-state index contributed by atoms with van der Waals surface area (Å²) in [6.45, 7) is 0. The summed E-state index contributed by atoms with van der Waals surface area (Å²) in [5.41, 5.74) is 0. The van der Waals surface area contributed by atoms with Gasteiger partial charge in [-0.1, -0.05) is 48.7 Å². The van der Waals surface area contributed by atoms with E-state index in [1.54, 1.807) is 0 Å². The van der Waals surface area contributed by atoms with E-state index in [0.717, 1.165) is 34.1 Å². The molecule has 0 aliphatic heterocycles.